The molecule has 0 aliphatic heterocycles. The summed E-state index contributed by atoms with van der Waals surface area (Å²) in [6, 6.07) is 0.705. The molecule has 1 unspecified atom stereocenters. The Bertz CT molecular complexity index is 315. The lowest BCUT2D eigenvalue weighted by Gasteiger charge is -2.03. The Morgan fingerprint density at radius 2 is 2.23 bits per heavy atom. The summed E-state index contributed by atoms with van der Waals surface area (Å²) in [5.74, 6) is 1.87. The van der Waals surface area contributed by atoms with Crippen molar-refractivity contribution < 1.29 is 0 Å². The van der Waals surface area contributed by atoms with Crippen molar-refractivity contribution in [1.82, 2.24) is 4.98 Å². The van der Waals surface area contributed by atoms with Crippen molar-refractivity contribution in [3.05, 3.63) is 10.5 Å². The fourth-order valence-electron chi connectivity index (χ4n) is 2.50. The minimum Gasteiger partial charge on any atom is -0.358 e. The molecular weight excluding hydrogens is 204 g/mol. The van der Waals surface area contributed by atoms with Gasteiger partial charge in [0.1, 0.15) is 4.34 Å². The molecule has 0 bridgehead atoms. The highest BCUT2D eigenvalue weighted by Gasteiger charge is 2.52. The Kier molecular flexibility index (Phi) is 1.77. The first-order valence-corrected chi connectivity index (χ1v) is 5.92. The maximum absolute atomic E-state index is 5.80. The Hall–Kier alpha value is -0.280. The summed E-state index contributed by atoms with van der Waals surface area (Å²) in [6.07, 6.45) is 5.95. The first-order valence-electron chi connectivity index (χ1n) is 4.72. The maximum Gasteiger partial charge on any atom is 0.184 e. The number of hydrogen-bond donors (Lipinski definition) is 1. The van der Waals surface area contributed by atoms with Gasteiger partial charge in [0.25, 0.3) is 0 Å². The van der Waals surface area contributed by atoms with E-state index in [0.29, 0.717) is 6.04 Å². The van der Waals surface area contributed by atoms with Crippen LogP contribution in [0.5, 0.6) is 0 Å². The number of rotatable bonds is 2. The normalized spacial score (nSPS) is 35.9. The molecule has 3 rings (SSSR count). The molecule has 2 fully saturated rings. The summed E-state index contributed by atoms with van der Waals surface area (Å²) in [6.45, 7) is 0. The van der Waals surface area contributed by atoms with Crippen LogP contribution < -0.4 is 5.32 Å². The zero-order valence-electron chi connectivity index (χ0n) is 7.16. The minimum absolute atomic E-state index is 0.705. The first kappa shape index (κ1) is 8.06. The highest BCUT2D eigenvalue weighted by molar-refractivity contribution is 7.19. The van der Waals surface area contributed by atoms with Gasteiger partial charge in [-0.1, -0.05) is 29.4 Å². The van der Waals surface area contributed by atoms with E-state index < -0.39 is 0 Å². The monoisotopic (exact) mass is 214 g/mol. The van der Waals surface area contributed by atoms with E-state index >= 15 is 0 Å². The van der Waals surface area contributed by atoms with E-state index in [1.165, 1.54) is 30.6 Å². The standard InChI is InChI=1S/C9H11ClN2S/c10-7-4-11-9(13-7)12-8-5-2-1-3-6(5)8/h4-6,8H,1-3H2,(H,11,12)/t5-,6+,8?. The fraction of sp³-hybridized carbons (Fsp3) is 0.667. The third kappa shape index (κ3) is 1.34. The molecule has 3 atom stereocenters. The molecule has 2 nitrogen and oxygen atoms in total. The molecule has 2 aliphatic rings. The van der Waals surface area contributed by atoms with Crippen molar-refractivity contribution in [3.8, 4) is 0 Å². The molecule has 2 saturated carbocycles. The van der Waals surface area contributed by atoms with Crippen LogP contribution in [-0.2, 0) is 0 Å². The predicted octanol–water partition coefficient (Wildman–Crippen LogP) is 3.01. The quantitative estimate of drug-likeness (QED) is 0.819. The predicted molar refractivity (Wildman–Crippen MR) is 55.4 cm³/mol. The fourth-order valence-corrected chi connectivity index (χ4v) is 3.36. The molecule has 0 radical (unpaired) electrons. The molecule has 13 heavy (non-hydrogen) atoms. The molecule has 4 heteroatoms. The Labute approximate surface area is 86.3 Å². The van der Waals surface area contributed by atoms with E-state index in [-0.39, 0.29) is 0 Å². The molecule has 2 aliphatic carbocycles. The molecule has 0 spiro atoms. The number of thiazole rings is 1. The van der Waals surface area contributed by atoms with E-state index in [1.807, 2.05) is 0 Å². The van der Waals surface area contributed by atoms with Crippen molar-refractivity contribution >= 4 is 28.1 Å². The third-order valence-electron chi connectivity index (χ3n) is 3.17. The third-order valence-corrected chi connectivity index (χ3v) is 4.22. The highest BCUT2D eigenvalue weighted by atomic mass is 35.5. The van der Waals surface area contributed by atoms with E-state index in [2.05, 4.69) is 10.3 Å². The van der Waals surface area contributed by atoms with Crippen molar-refractivity contribution in [3.63, 3.8) is 0 Å². The molecule has 1 aromatic rings. The lowest BCUT2D eigenvalue weighted by Crippen LogP contribution is -2.07. The number of nitrogens with one attached hydrogen (secondary N) is 1. The Balaban J connectivity index is 1.65. The number of hydrogen-bond acceptors (Lipinski definition) is 3. The summed E-state index contributed by atoms with van der Waals surface area (Å²) in [7, 11) is 0. The van der Waals surface area contributed by atoms with Crippen molar-refractivity contribution in [2.75, 3.05) is 5.32 Å². The largest absolute Gasteiger partial charge is 0.358 e. The van der Waals surface area contributed by atoms with Crippen LogP contribution in [0, 0.1) is 11.8 Å². The van der Waals surface area contributed by atoms with Crippen molar-refractivity contribution in [1.29, 1.82) is 0 Å². The molecule has 1 aromatic heterocycles. The van der Waals surface area contributed by atoms with Crippen LogP contribution in [0.4, 0.5) is 5.13 Å². The second-order valence-electron chi connectivity index (χ2n) is 3.90. The summed E-state index contributed by atoms with van der Waals surface area (Å²) in [5.41, 5.74) is 0. The molecule has 0 aromatic carbocycles. The van der Waals surface area contributed by atoms with Gasteiger partial charge in [-0.3, -0.25) is 0 Å². The molecule has 1 heterocycles. The van der Waals surface area contributed by atoms with Crippen LogP contribution in [0.25, 0.3) is 0 Å². The lowest BCUT2D eigenvalue weighted by atomic mass is 10.2. The van der Waals surface area contributed by atoms with Gasteiger partial charge in [0.15, 0.2) is 5.13 Å². The average Bonchev–Trinajstić information content (AvgIpc) is 2.58. The minimum atomic E-state index is 0.705. The number of nitrogens with zero attached hydrogens (tertiary/aromatic N) is 1. The van der Waals surface area contributed by atoms with Crippen LogP contribution in [0.3, 0.4) is 0 Å². The van der Waals surface area contributed by atoms with E-state index in [0.717, 1.165) is 21.3 Å². The van der Waals surface area contributed by atoms with Crippen LogP contribution in [0.2, 0.25) is 4.34 Å². The SMILES string of the molecule is Clc1cnc(NC2[C@H]3CCC[C@@H]23)s1. The number of halogens is 1. The van der Waals surface area contributed by atoms with Crippen LogP contribution in [0.15, 0.2) is 6.20 Å². The summed E-state index contributed by atoms with van der Waals surface area (Å²) >= 11 is 7.34. The van der Waals surface area contributed by atoms with E-state index in [4.69, 9.17) is 11.6 Å². The second kappa shape index (κ2) is 2.85. The Morgan fingerprint density at radius 1 is 1.46 bits per heavy atom. The van der Waals surface area contributed by atoms with Crippen molar-refractivity contribution in [2.45, 2.75) is 25.3 Å². The number of fused-ring (bicyclic) bond motifs is 1. The molecule has 0 saturated heterocycles. The number of aromatic nitrogens is 1. The van der Waals surface area contributed by atoms with Gasteiger partial charge < -0.3 is 5.32 Å². The smallest absolute Gasteiger partial charge is 0.184 e. The zero-order chi connectivity index (χ0) is 8.84. The molecular formula is C9H11ClN2S. The number of anilines is 1. The summed E-state index contributed by atoms with van der Waals surface area (Å²) in [5, 5.41) is 4.45. The summed E-state index contributed by atoms with van der Waals surface area (Å²) < 4.78 is 0.772. The van der Waals surface area contributed by atoms with Gasteiger partial charge in [0.2, 0.25) is 0 Å². The topological polar surface area (TPSA) is 24.9 Å². The van der Waals surface area contributed by atoms with Gasteiger partial charge in [-0.05, 0) is 24.7 Å². The van der Waals surface area contributed by atoms with Crippen LogP contribution in [0.1, 0.15) is 19.3 Å². The highest BCUT2D eigenvalue weighted by Crippen LogP contribution is 2.53. The van der Waals surface area contributed by atoms with Gasteiger partial charge in [-0.2, -0.15) is 0 Å². The maximum atomic E-state index is 5.80. The molecule has 1 N–H and O–H groups in total. The summed E-state index contributed by atoms with van der Waals surface area (Å²) in [4.78, 5) is 4.20. The molecule has 70 valence electrons. The Morgan fingerprint density at radius 3 is 2.85 bits per heavy atom. The van der Waals surface area contributed by atoms with Gasteiger partial charge in [-0.25, -0.2) is 4.98 Å². The first-order chi connectivity index (χ1) is 6.34. The second-order valence-corrected chi connectivity index (χ2v) is 5.56. The van der Waals surface area contributed by atoms with Gasteiger partial charge in [-0.15, -0.1) is 0 Å². The van der Waals surface area contributed by atoms with Gasteiger partial charge in [0.05, 0.1) is 6.20 Å². The zero-order valence-corrected chi connectivity index (χ0v) is 8.74. The van der Waals surface area contributed by atoms with E-state index in [9.17, 15) is 0 Å². The molecule has 0 amide bonds. The van der Waals surface area contributed by atoms with Gasteiger partial charge >= 0.3 is 0 Å². The van der Waals surface area contributed by atoms with Gasteiger partial charge in [0, 0.05) is 6.04 Å². The van der Waals surface area contributed by atoms with Crippen LogP contribution >= 0.6 is 22.9 Å². The average molecular weight is 215 g/mol. The lowest BCUT2D eigenvalue weighted by molar-refractivity contribution is 0.695. The van der Waals surface area contributed by atoms with E-state index in [1.54, 1.807) is 6.20 Å². The van der Waals surface area contributed by atoms with Crippen LogP contribution in [-0.4, -0.2) is 11.0 Å². The van der Waals surface area contributed by atoms with Crippen molar-refractivity contribution in [2.24, 2.45) is 11.8 Å².